The predicted molar refractivity (Wildman–Crippen MR) is 106 cm³/mol. The fourth-order valence-corrected chi connectivity index (χ4v) is 10.6. The Labute approximate surface area is 149 Å². The van der Waals surface area contributed by atoms with Crippen molar-refractivity contribution < 1.29 is 9.90 Å². The zero-order valence-electron chi connectivity index (χ0n) is 16.2. The molecule has 0 heterocycles. The Morgan fingerprint density at radius 2 is 1.46 bits per heavy atom. The van der Waals surface area contributed by atoms with Gasteiger partial charge in [-0.3, -0.25) is 0 Å². The van der Waals surface area contributed by atoms with Gasteiger partial charge in [0.05, 0.1) is 6.10 Å². The molecule has 0 radical (unpaired) electrons. The third-order valence-corrected chi connectivity index (χ3v) is 12.3. The first-order valence-corrected chi connectivity index (χ1v) is 11.3. The van der Waals surface area contributed by atoms with E-state index >= 15 is 0 Å². The summed E-state index contributed by atoms with van der Waals surface area (Å²) in [4.78, 5) is 13.3. The maximum atomic E-state index is 13.3. The Balaban J connectivity index is 2.92. The van der Waals surface area contributed by atoms with Crippen molar-refractivity contribution >= 4 is 13.5 Å². The molecule has 1 unspecified atom stereocenters. The van der Waals surface area contributed by atoms with Crippen molar-refractivity contribution in [2.24, 2.45) is 0 Å². The normalized spacial score (nSPS) is 13.6. The Morgan fingerprint density at radius 3 is 1.88 bits per heavy atom. The quantitative estimate of drug-likeness (QED) is 0.485. The van der Waals surface area contributed by atoms with Crippen molar-refractivity contribution in [1.29, 1.82) is 0 Å². The van der Waals surface area contributed by atoms with Crippen LogP contribution in [0.25, 0.3) is 0 Å². The highest BCUT2D eigenvalue weighted by atomic mass is 28.3. The Bertz CT molecular complexity index is 524. The summed E-state index contributed by atoms with van der Waals surface area (Å²) < 4.78 is 0. The second kappa shape index (κ2) is 8.77. The van der Waals surface area contributed by atoms with E-state index in [-0.39, 0.29) is 5.41 Å². The molecule has 3 heteroatoms. The fraction of sp³-hybridized carbons (Fsp3) is 0.571. The van der Waals surface area contributed by atoms with Crippen LogP contribution in [0, 0.1) is 0 Å². The lowest BCUT2D eigenvalue weighted by molar-refractivity contribution is -0.110. The zero-order chi connectivity index (χ0) is 18.5. The molecule has 1 rings (SSSR count). The monoisotopic (exact) mass is 346 g/mol. The van der Waals surface area contributed by atoms with Crippen LogP contribution in [0.4, 0.5) is 0 Å². The van der Waals surface area contributed by atoms with Gasteiger partial charge in [-0.25, -0.2) is 0 Å². The SMILES string of the molecule is C=C(C(=O)[Si](C(C)C)(C(C)C)C(C)C)C(O)CCc1ccccc1. The summed E-state index contributed by atoms with van der Waals surface area (Å²) in [5, 5.41) is 10.7. The highest BCUT2D eigenvalue weighted by Crippen LogP contribution is 2.43. The maximum absolute atomic E-state index is 13.3. The summed E-state index contributed by atoms with van der Waals surface area (Å²) in [6.45, 7) is 17.0. The van der Waals surface area contributed by atoms with E-state index in [2.05, 4.69) is 48.1 Å². The molecule has 0 aromatic heterocycles. The van der Waals surface area contributed by atoms with Crippen LogP contribution in [-0.2, 0) is 11.2 Å². The van der Waals surface area contributed by atoms with Crippen LogP contribution in [0.15, 0.2) is 42.5 Å². The van der Waals surface area contributed by atoms with Crippen LogP contribution in [0.2, 0.25) is 16.6 Å². The maximum Gasteiger partial charge on any atom is 0.146 e. The number of aryl methyl sites for hydroxylation is 1. The molecule has 2 nitrogen and oxygen atoms in total. The molecule has 0 aliphatic heterocycles. The molecule has 0 aliphatic carbocycles. The average Bonchev–Trinajstić information content (AvgIpc) is 2.52. The summed E-state index contributed by atoms with van der Waals surface area (Å²) in [6.07, 6.45) is 0.558. The minimum atomic E-state index is -2.26. The first kappa shape index (κ1) is 20.9. The van der Waals surface area contributed by atoms with Crippen LogP contribution in [0.5, 0.6) is 0 Å². The average molecular weight is 347 g/mol. The molecule has 1 atom stereocenters. The molecule has 0 saturated carbocycles. The van der Waals surface area contributed by atoms with Gasteiger partial charge in [0.25, 0.3) is 0 Å². The molecular formula is C21H34O2Si. The first-order chi connectivity index (χ1) is 11.2. The van der Waals surface area contributed by atoms with Gasteiger partial charge in [0.2, 0.25) is 0 Å². The molecule has 134 valence electrons. The van der Waals surface area contributed by atoms with Crippen molar-refractivity contribution in [3.63, 3.8) is 0 Å². The summed E-state index contributed by atoms with van der Waals surface area (Å²) in [5.41, 5.74) is 2.61. The van der Waals surface area contributed by atoms with E-state index in [0.717, 1.165) is 6.42 Å². The minimum Gasteiger partial charge on any atom is -0.388 e. The predicted octanol–water partition coefficient (Wildman–Crippen LogP) is 5.32. The molecule has 0 spiro atoms. The number of aliphatic hydroxyl groups excluding tert-OH is 1. The number of benzene rings is 1. The number of hydrogen-bond donors (Lipinski definition) is 1. The van der Waals surface area contributed by atoms with Crippen LogP contribution >= 0.6 is 0 Å². The first-order valence-electron chi connectivity index (χ1n) is 9.11. The minimum absolute atomic E-state index is 0.170. The molecule has 0 bridgehead atoms. The second-order valence-corrected chi connectivity index (χ2v) is 13.6. The highest BCUT2D eigenvalue weighted by Gasteiger charge is 2.50. The Kier molecular flexibility index (Phi) is 7.62. The van der Waals surface area contributed by atoms with Gasteiger partial charge in [0.15, 0.2) is 0 Å². The second-order valence-electron chi connectivity index (χ2n) is 7.79. The largest absolute Gasteiger partial charge is 0.388 e. The van der Waals surface area contributed by atoms with Crippen LogP contribution in [0.1, 0.15) is 53.5 Å². The number of hydrogen-bond acceptors (Lipinski definition) is 2. The molecular weight excluding hydrogens is 312 g/mol. The van der Waals surface area contributed by atoms with Gasteiger partial charge in [-0.2, -0.15) is 0 Å². The topological polar surface area (TPSA) is 37.3 Å². The molecule has 24 heavy (non-hydrogen) atoms. The van der Waals surface area contributed by atoms with Crippen molar-refractivity contribution in [2.75, 3.05) is 0 Å². The Morgan fingerprint density at radius 1 is 1.00 bits per heavy atom. The van der Waals surface area contributed by atoms with E-state index in [0.29, 0.717) is 28.6 Å². The van der Waals surface area contributed by atoms with Crippen molar-refractivity contribution in [3.8, 4) is 0 Å². The number of rotatable bonds is 9. The van der Waals surface area contributed by atoms with Crippen molar-refractivity contribution in [3.05, 3.63) is 48.0 Å². The van der Waals surface area contributed by atoms with E-state index in [4.69, 9.17) is 0 Å². The van der Waals surface area contributed by atoms with E-state index < -0.39 is 14.2 Å². The van der Waals surface area contributed by atoms with Gasteiger partial charge in [0.1, 0.15) is 13.5 Å². The third kappa shape index (κ3) is 4.25. The Hall–Kier alpha value is -1.19. The van der Waals surface area contributed by atoms with Gasteiger partial charge < -0.3 is 9.90 Å². The molecule has 0 aliphatic rings. The third-order valence-electron chi connectivity index (χ3n) is 5.50. The van der Waals surface area contributed by atoms with Crippen LogP contribution in [0.3, 0.4) is 0 Å². The van der Waals surface area contributed by atoms with Gasteiger partial charge in [-0.1, -0.05) is 78.5 Å². The molecule has 1 aromatic carbocycles. The zero-order valence-corrected chi connectivity index (χ0v) is 17.2. The van der Waals surface area contributed by atoms with Crippen LogP contribution < -0.4 is 0 Å². The van der Waals surface area contributed by atoms with Crippen molar-refractivity contribution in [1.82, 2.24) is 0 Å². The molecule has 1 aromatic rings. The van der Waals surface area contributed by atoms with Gasteiger partial charge in [0, 0.05) is 5.57 Å². The lowest BCUT2D eigenvalue weighted by atomic mass is 10.0. The van der Waals surface area contributed by atoms with E-state index in [1.807, 2.05) is 30.3 Å². The molecule has 1 N–H and O–H groups in total. The van der Waals surface area contributed by atoms with Gasteiger partial charge in [-0.05, 0) is 35.0 Å². The summed E-state index contributed by atoms with van der Waals surface area (Å²) >= 11 is 0. The summed E-state index contributed by atoms with van der Waals surface area (Å²) in [5.74, 6) is 0. The number of carbonyl (C=O) groups is 1. The van der Waals surface area contributed by atoms with Crippen LogP contribution in [-0.4, -0.2) is 24.7 Å². The highest BCUT2D eigenvalue weighted by molar-refractivity contribution is 7.10. The van der Waals surface area contributed by atoms with E-state index in [1.54, 1.807) is 0 Å². The fourth-order valence-electron chi connectivity index (χ4n) is 4.34. The smallest absolute Gasteiger partial charge is 0.146 e. The molecule has 0 amide bonds. The van der Waals surface area contributed by atoms with Gasteiger partial charge in [-0.15, -0.1) is 0 Å². The molecule has 0 fully saturated rings. The lowest BCUT2D eigenvalue weighted by Crippen LogP contribution is -2.54. The summed E-state index contributed by atoms with van der Waals surface area (Å²) in [7, 11) is -2.26. The number of carbonyl (C=O) groups excluding carboxylic acids is 1. The van der Waals surface area contributed by atoms with Gasteiger partial charge >= 0.3 is 0 Å². The van der Waals surface area contributed by atoms with Crippen molar-refractivity contribution in [2.45, 2.75) is 77.1 Å². The lowest BCUT2D eigenvalue weighted by Gasteiger charge is -2.42. The van der Waals surface area contributed by atoms with E-state index in [1.165, 1.54) is 5.56 Å². The van der Waals surface area contributed by atoms with E-state index in [9.17, 15) is 9.90 Å². The number of aliphatic hydroxyl groups is 1. The summed E-state index contributed by atoms with van der Waals surface area (Å²) in [6, 6.07) is 10.1. The molecule has 0 saturated heterocycles. The standard InChI is InChI=1S/C21H34O2Si/c1-15(2)24(16(3)4,17(5)6)21(23)18(7)20(22)14-13-19-11-9-8-10-12-19/h8-12,15-17,20,22H,7,13-14H2,1-6H3.